The molecule has 1 aromatic rings. The summed E-state index contributed by atoms with van der Waals surface area (Å²) in [5, 5.41) is 0. The second-order valence-electron chi connectivity index (χ2n) is 5.63. The molecule has 1 aliphatic carbocycles. The quantitative estimate of drug-likeness (QED) is 0.615. The van der Waals surface area contributed by atoms with Crippen LogP contribution in [0.1, 0.15) is 49.1 Å². The average molecular weight is 257 g/mol. The van der Waals surface area contributed by atoms with Crippen molar-refractivity contribution < 1.29 is 9.53 Å². The summed E-state index contributed by atoms with van der Waals surface area (Å²) in [6.07, 6.45) is 7.09. The molecule has 0 N–H and O–H groups in total. The van der Waals surface area contributed by atoms with E-state index in [-0.39, 0.29) is 5.54 Å². The van der Waals surface area contributed by atoms with E-state index in [0.29, 0.717) is 5.92 Å². The van der Waals surface area contributed by atoms with Gasteiger partial charge in [0.05, 0.1) is 12.1 Å². The van der Waals surface area contributed by atoms with Crippen LogP contribution in [0, 0.1) is 0 Å². The molecular formula is C16H19NO2. The van der Waals surface area contributed by atoms with Crippen LogP contribution < -0.4 is 0 Å². The van der Waals surface area contributed by atoms with Gasteiger partial charge in [-0.15, -0.1) is 0 Å². The summed E-state index contributed by atoms with van der Waals surface area (Å²) in [4.78, 5) is 14.9. The lowest BCUT2D eigenvalue weighted by atomic mass is 9.86. The standard InChI is InChI=1S/C16H19NO2/c18-12-17-16(7-1-2-8-16)15-5-3-4-13(10-15)14-6-9-19-11-14/h3-5,10,14H,1-2,6-9,11H2. The molecule has 2 fully saturated rings. The highest BCUT2D eigenvalue weighted by Crippen LogP contribution is 2.43. The Kier molecular flexibility index (Phi) is 3.50. The van der Waals surface area contributed by atoms with Crippen molar-refractivity contribution >= 4 is 6.08 Å². The molecule has 3 heteroatoms. The molecule has 1 saturated heterocycles. The zero-order valence-corrected chi connectivity index (χ0v) is 11.1. The molecule has 1 heterocycles. The normalized spacial score (nSPS) is 25.2. The van der Waals surface area contributed by atoms with Crippen LogP contribution in [-0.4, -0.2) is 19.3 Å². The zero-order chi connectivity index (χ0) is 13.1. The number of nitrogens with zero attached hydrogens (tertiary/aromatic N) is 1. The molecule has 1 saturated carbocycles. The number of hydrogen-bond donors (Lipinski definition) is 0. The topological polar surface area (TPSA) is 38.7 Å². The lowest BCUT2D eigenvalue weighted by molar-refractivity contribution is 0.194. The molecule has 3 nitrogen and oxygen atoms in total. The maximum Gasteiger partial charge on any atom is 0.235 e. The Labute approximate surface area is 113 Å². The molecule has 0 spiro atoms. The minimum Gasteiger partial charge on any atom is -0.381 e. The summed E-state index contributed by atoms with van der Waals surface area (Å²) >= 11 is 0. The van der Waals surface area contributed by atoms with E-state index in [0.717, 1.165) is 45.3 Å². The Morgan fingerprint density at radius 2 is 2.16 bits per heavy atom. The van der Waals surface area contributed by atoms with E-state index < -0.39 is 0 Å². The molecule has 2 aliphatic rings. The van der Waals surface area contributed by atoms with Crippen LogP contribution in [0.25, 0.3) is 0 Å². The first-order valence-electron chi connectivity index (χ1n) is 7.11. The monoisotopic (exact) mass is 257 g/mol. The van der Waals surface area contributed by atoms with E-state index in [1.165, 1.54) is 11.1 Å². The van der Waals surface area contributed by atoms with Crippen LogP contribution in [0.4, 0.5) is 0 Å². The third kappa shape index (κ3) is 2.36. The number of carbonyl (C=O) groups excluding carboxylic acids is 1. The van der Waals surface area contributed by atoms with Gasteiger partial charge < -0.3 is 4.74 Å². The van der Waals surface area contributed by atoms with Crippen molar-refractivity contribution in [1.82, 2.24) is 0 Å². The smallest absolute Gasteiger partial charge is 0.235 e. The molecule has 0 amide bonds. The average Bonchev–Trinajstić information content (AvgIpc) is 3.11. The van der Waals surface area contributed by atoms with E-state index in [2.05, 4.69) is 29.3 Å². The summed E-state index contributed by atoms with van der Waals surface area (Å²) < 4.78 is 5.46. The second-order valence-corrected chi connectivity index (χ2v) is 5.63. The lowest BCUT2D eigenvalue weighted by Crippen LogP contribution is -2.19. The van der Waals surface area contributed by atoms with Crippen molar-refractivity contribution in [3.63, 3.8) is 0 Å². The summed E-state index contributed by atoms with van der Waals surface area (Å²) in [7, 11) is 0. The molecule has 1 unspecified atom stereocenters. The summed E-state index contributed by atoms with van der Waals surface area (Å²) in [6.45, 7) is 1.67. The van der Waals surface area contributed by atoms with Crippen LogP contribution in [0.2, 0.25) is 0 Å². The van der Waals surface area contributed by atoms with Gasteiger partial charge >= 0.3 is 0 Å². The fourth-order valence-electron chi connectivity index (χ4n) is 3.39. The van der Waals surface area contributed by atoms with Crippen LogP contribution in [0.3, 0.4) is 0 Å². The first kappa shape index (κ1) is 12.6. The molecule has 0 radical (unpaired) electrons. The largest absolute Gasteiger partial charge is 0.381 e. The highest BCUT2D eigenvalue weighted by molar-refractivity contribution is 5.40. The highest BCUT2D eigenvalue weighted by atomic mass is 16.5. The van der Waals surface area contributed by atoms with E-state index in [4.69, 9.17) is 4.74 Å². The van der Waals surface area contributed by atoms with Gasteiger partial charge in [0.15, 0.2) is 0 Å². The summed E-state index contributed by atoms with van der Waals surface area (Å²) in [5.74, 6) is 0.499. The number of aliphatic imine (C=N–C) groups is 1. The Morgan fingerprint density at radius 3 is 2.84 bits per heavy atom. The number of ether oxygens (including phenoxy) is 1. The van der Waals surface area contributed by atoms with Gasteiger partial charge in [-0.2, -0.15) is 4.99 Å². The molecule has 100 valence electrons. The van der Waals surface area contributed by atoms with Gasteiger partial charge in [-0.3, -0.25) is 0 Å². The van der Waals surface area contributed by atoms with Gasteiger partial charge in [-0.05, 0) is 30.4 Å². The maximum absolute atomic E-state index is 10.8. The Bertz CT molecular complexity index is 493. The fraction of sp³-hybridized carbons (Fsp3) is 0.562. The van der Waals surface area contributed by atoms with Gasteiger partial charge in [-0.1, -0.05) is 37.1 Å². The minimum absolute atomic E-state index is 0.308. The van der Waals surface area contributed by atoms with Crippen LogP contribution in [0.5, 0.6) is 0 Å². The molecule has 19 heavy (non-hydrogen) atoms. The highest BCUT2D eigenvalue weighted by Gasteiger charge is 2.36. The molecule has 0 aromatic heterocycles. The van der Waals surface area contributed by atoms with E-state index in [1.807, 2.05) is 0 Å². The SMILES string of the molecule is O=C=NC1(c2cccc(C3CCOC3)c2)CCCC1. The van der Waals surface area contributed by atoms with Crippen molar-refractivity contribution in [2.45, 2.75) is 43.6 Å². The number of isocyanates is 1. The van der Waals surface area contributed by atoms with E-state index in [1.54, 1.807) is 6.08 Å². The third-order valence-electron chi connectivity index (χ3n) is 4.52. The van der Waals surface area contributed by atoms with Gasteiger partial charge in [0, 0.05) is 12.5 Å². The second kappa shape index (κ2) is 5.28. The molecule has 1 aromatic carbocycles. The molecule has 0 bridgehead atoms. The third-order valence-corrected chi connectivity index (χ3v) is 4.52. The Balaban J connectivity index is 1.95. The summed E-state index contributed by atoms with van der Waals surface area (Å²) in [5.41, 5.74) is 2.19. The van der Waals surface area contributed by atoms with Crippen molar-refractivity contribution in [2.75, 3.05) is 13.2 Å². The fourth-order valence-corrected chi connectivity index (χ4v) is 3.39. The first-order chi connectivity index (χ1) is 9.34. The van der Waals surface area contributed by atoms with Crippen molar-refractivity contribution in [1.29, 1.82) is 0 Å². The van der Waals surface area contributed by atoms with Crippen LogP contribution in [-0.2, 0) is 15.1 Å². The summed E-state index contributed by atoms with van der Waals surface area (Å²) in [6, 6.07) is 8.58. The maximum atomic E-state index is 10.8. The molecule has 1 atom stereocenters. The minimum atomic E-state index is -0.308. The molecule has 3 rings (SSSR count). The van der Waals surface area contributed by atoms with Crippen molar-refractivity contribution in [2.24, 2.45) is 4.99 Å². The van der Waals surface area contributed by atoms with Crippen LogP contribution in [0.15, 0.2) is 29.3 Å². The first-order valence-corrected chi connectivity index (χ1v) is 7.11. The van der Waals surface area contributed by atoms with Gasteiger partial charge in [0.1, 0.15) is 0 Å². The Morgan fingerprint density at radius 1 is 1.32 bits per heavy atom. The number of hydrogen-bond acceptors (Lipinski definition) is 3. The van der Waals surface area contributed by atoms with Crippen molar-refractivity contribution in [3.8, 4) is 0 Å². The number of benzene rings is 1. The van der Waals surface area contributed by atoms with Crippen LogP contribution >= 0.6 is 0 Å². The molecule has 1 aliphatic heterocycles. The molecular weight excluding hydrogens is 238 g/mol. The van der Waals surface area contributed by atoms with Crippen molar-refractivity contribution in [3.05, 3.63) is 35.4 Å². The zero-order valence-electron chi connectivity index (χ0n) is 11.1. The van der Waals surface area contributed by atoms with Gasteiger partial charge in [0.25, 0.3) is 0 Å². The van der Waals surface area contributed by atoms with E-state index >= 15 is 0 Å². The number of rotatable bonds is 3. The van der Waals surface area contributed by atoms with E-state index in [9.17, 15) is 4.79 Å². The predicted molar refractivity (Wildman–Crippen MR) is 72.9 cm³/mol. The predicted octanol–water partition coefficient (Wildman–Crippen LogP) is 3.30. The Hall–Kier alpha value is -1.44. The van der Waals surface area contributed by atoms with Gasteiger partial charge in [-0.25, -0.2) is 4.79 Å². The van der Waals surface area contributed by atoms with Gasteiger partial charge in [0.2, 0.25) is 6.08 Å². The lowest BCUT2D eigenvalue weighted by Gasteiger charge is -2.24.